The highest BCUT2D eigenvalue weighted by Gasteiger charge is 2.24. The van der Waals surface area contributed by atoms with Crippen LogP contribution in [0, 0.1) is 12.8 Å². The third kappa shape index (κ3) is 5.04. The first-order valence-electron chi connectivity index (χ1n) is 7.62. The van der Waals surface area contributed by atoms with Crippen molar-refractivity contribution in [2.45, 2.75) is 33.4 Å². The number of hydrogen-bond acceptors (Lipinski definition) is 4. The van der Waals surface area contributed by atoms with Crippen LogP contribution in [0.5, 0.6) is 0 Å². The van der Waals surface area contributed by atoms with Gasteiger partial charge in [0.05, 0.1) is 11.6 Å². The fraction of sp³-hybridized carbons (Fsp3) is 0.353. The number of hydrogen-bond donors (Lipinski definition) is 2. The molecular weight excluding hydrogens is 346 g/mol. The minimum absolute atomic E-state index is 0.0375. The van der Waals surface area contributed by atoms with Gasteiger partial charge >= 0.3 is 0 Å². The van der Waals surface area contributed by atoms with Crippen molar-refractivity contribution in [3.63, 3.8) is 0 Å². The average Bonchev–Trinajstić information content (AvgIpc) is 2.96. The molecule has 2 aromatic rings. The van der Waals surface area contributed by atoms with Crippen molar-refractivity contribution in [3.8, 4) is 0 Å². The molecule has 0 aliphatic heterocycles. The monoisotopic (exact) mass is 365 g/mol. The molecular formula is C17H20ClN3O2S. The minimum atomic E-state index is -0.609. The molecule has 7 heteroatoms. The molecule has 0 fully saturated rings. The Balaban J connectivity index is 1.98. The lowest BCUT2D eigenvalue weighted by Gasteiger charge is -2.21. The van der Waals surface area contributed by atoms with E-state index in [0.717, 1.165) is 9.88 Å². The van der Waals surface area contributed by atoms with Crippen LogP contribution in [-0.2, 0) is 11.3 Å². The van der Waals surface area contributed by atoms with Crippen LogP contribution in [0.1, 0.15) is 34.1 Å². The zero-order valence-corrected chi connectivity index (χ0v) is 15.4. The van der Waals surface area contributed by atoms with E-state index in [9.17, 15) is 9.59 Å². The van der Waals surface area contributed by atoms with Crippen molar-refractivity contribution in [2.75, 3.05) is 0 Å². The van der Waals surface area contributed by atoms with Gasteiger partial charge in [0.25, 0.3) is 5.91 Å². The molecule has 0 radical (unpaired) electrons. The van der Waals surface area contributed by atoms with Gasteiger partial charge in [-0.15, -0.1) is 11.3 Å². The number of benzene rings is 1. The number of amides is 2. The highest BCUT2D eigenvalue weighted by Crippen LogP contribution is 2.12. The number of thiazole rings is 1. The molecule has 0 bridgehead atoms. The van der Waals surface area contributed by atoms with E-state index in [0.29, 0.717) is 17.1 Å². The number of aromatic nitrogens is 1. The van der Waals surface area contributed by atoms with E-state index in [4.69, 9.17) is 11.6 Å². The summed E-state index contributed by atoms with van der Waals surface area (Å²) in [6.07, 6.45) is 1.75. The third-order valence-corrected chi connectivity index (χ3v) is 4.61. The Morgan fingerprint density at radius 1 is 1.25 bits per heavy atom. The van der Waals surface area contributed by atoms with Gasteiger partial charge in [0.2, 0.25) is 5.91 Å². The maximum atomic E-state index is 12.4. The quantitative estimate of drug-likeness (QED) is 0.825. The second-order valence-electron chi connectivity index (χ2n) is 5.77. The van der Waals surface area contributed by atoms with Crippen LogP contribution in [0.2, 0.25) is 5.02 Å². The van der Waals surface area contributed by atoms with Gasteiger partial charge in [-0.1, -0.05) is 25.4 Å². The van der Waals surface area contributed by atoms with Crippen LogP contribution in [0.4, 0.5) is 0 Å². The maximum Gasteiger partial charge on any atom is 0.251 e. The summed E-state index contributed by atoms with van der Waals surface area (Å²) in [5, 5.41) is 7.16. The number of carbonyl (C=O) groups excluding carboxylic acids is 2. The molecule has 2 amide bonds. The number of aryl methyl sites for hydroxylation is 1. The van der Waals surface area contributed by atoms with Crippen molar-refractivity contribution in [1.29, 1.82) is 0 Å². The molecule has 1 aromatic carbocycles. The van der Waals surface area contributed by atoms with Crippen molar-refractivity contribution >= 4 is 34.8 Å². The minimum Gasteiger partial charge on any atom is -0.349 e. The maximum absolute atomic E-state index is 12.4. The highest BCUT2D eigenvalue weighted by atomic mass is 35.5. The number of carbonyl (C=O) groups is 2. The zero-order valence-electron chi connectivity index (χ0n) is 13.8. The lowest BCUT2D eigenvalue weighted by molar-refractivity contribution is -0.124. The molecule has 1 atom stereocenters. The molecule has 0 saturated heterocycles. The summed E-state index contributed by atoms with van der Waals surface area (Å²) in [5.74, 6) is -0.544. The average molecular weight is 366 g/mol. The van der Waals surface area contributed by atoms with Gasteiger partial charge in [-0.05, 0) is 37.1 Å². The Kier molecular flexibility index (Phi) is 6.34. The van der Waals surface area contributed by atoms with Crippen molar-refractivity contribution in [2.24, 2.45) is 5.92 Å². The normalized spacial score (nSPS) is 12.0. The first-order chi connectivity index (χ1) is 11.4. The van der Waals surface area contributed by atoms with Gasteiger partial charge in [-0.3, -0.25) is 9.59 Å². The molecule has 128 valence electrons. The fourth-order valence-corrected chi connectivity index (χ4v) is 2.99. The predicted molar refractivity (Wildman–Crippen MR) is 96.2 cm³/mol. The highest BCUT2D eigenvalue weighted by molar-refractivity contribution is 7.11. The first-order valence-corrected chi connectivity index (χ1v) is 8.81. The summed E-state index contributed by atoms with van der Waals surface area (Å²) < 4.78 is 0. The van der Waals surface area contributed by atoms with Crippen LogP contribution in [0.15, 0.2) is 30.5 Å². The van der Waals surface area contributed by atoms with E-state index in [-0.39, 0.29) is 17.7 Å². The molecule has 2 N–H and O–H groups in total. The van der Waals surface area contributed by atoms with Gasteiger partial charge in [-0.25, -0.2) is 4.98 Å². The van der Waals surface area contributed by atoms with Crippen LogP contribution in [0.3, 0.4) is 0 Å². The standard InChI is InChI=1S/C17H20ClN3O2S/c1-10(2)15(17(23)20-9-14-8-19-11(3)24-14)21-16(22)12-4-6-13(18)7-5-12/h4-8,10,15H,9H2,1-3H3,(H,20,23)(H,21,22). The lowest BCUT2D eigenvalue weighted by Crippen LogP contribution is -2.49. The lowest BCUT2D eigenvalue weighted by atomic mass is 10.0. The fourth-order valence-electron chi connectivity index (χ4n) is 2.13. The summed E-state index contributed by atoms with van der Waals surface area (Å²) in [7, 11) is 0. The largest absolute Gasteiger partial charge is 0.349 e. The summed E-state index contributed by atoms with van der Waals surface area (Å²) in [5.41, 5.74) is 0.468. The topological polar surface area (TPSA) is 71.1 Å². The first kappa shape index (κ1) is 18.4. The SMILES string of the molecule is Cc1ncc(CNC(=O)C(NC(=O)c2ccc(Cl)cc2)C(C)C)s1. The molecule has 0 saturated carbocycles. The molecule has 2 rings (SSSR count). The molecule has 1 heterocycles. The van der Waals surface area contributed by atoms with Crippen LogP contribution in [-0.4, -0.2) is 22.8 Å². The van der Waals surface area contributed by atoms with Gasteiger partial charge in [0, 0.05) is 21.7 Å². The van der Waals surface area contributed by atoms with Crippen LogP contribution >= 0.6 is 22.9 Å². The van der Waals surface area contributed by atoms with E-state index >= 15 is 0 Å². The van der Waals surface area contributed by atoms with E-state index in [1.165, 1.54) is 11.3 Å². The second kappa shape index (κ2) is 8.26. The van der Waals surface area contributed by atoms with Crippen molar-refractivity contribution < 1.29 is 9.59 Å². The summed E-state index contributed by atoms with van der Waals surface area (Å²) in [6, 6.07) is 5.95. The number of nitrogens with zero attached hydrogens (tertiary/aromatic N) is 1. The summed E-state index contributed by atoms with van der Waals surface area (Å²) in [4.78, 5) is 29.9. The number of halogens is 1. The second-order valence-corrected chi connectivity index (χ2v) is 7.52. The molecule has 0 aliphatic rings. The van der Waals surface area contributed by atoms with Gasteiger partial charge in [-0.2, -0.15) is 0 Å². The van der Waals surface area contributed by atoms with Crippen LogP contribution < -0.4 is 10.6 Å². The van der Waals surface area contributed by atoms with Crippen molar-refractivity contribution in [1.82, 2.24) is 15.6 Å². The number of rotatable bonds is 6. The summed E-state index contributed by atoms with van der Waals surface area (Å²) >= 11 is 7.36. The van der Waals surface area contributed by atoms with E-state index < -0.39 is 6.04 Å². The smallest absolute Gasteiger partial charge is 0.251 e. The number of nitrogens with one attached hydrogen (secondary N) is 2. The predicted octanol–water partition coefficient (Wildman–Crippen LogP) is 3.18. The van der Waals surface area contributed by atoms with Crippen LogP contribution in [0.25, 0.3) is 0 Å². The third-order valence-electron chi connectivity index (χ3n) is 3.45. The Bertz CT molecular complexity index is 713. The molecule has 0 aliphatic carbocycles. The van der Waals surface area contributed by atoms with E-state index in [2.05, 4.69) is 15.6 Å². The van der Waals surface area contributed by atoms with Gasteiger partial charge < -0.3 is 10.6 Å². The summed E-state index contributed by atoms with van der Waals surface area (Å²) in [6.45, 7) is 6.11. The Hall–Kier alpha value is -1.92. The van der Waals surface area contributed by atoms with Crippen molar-refractivity contribution in [3.05, 3.63) is 50.9 Å². The Labute approximate surface area is 150 Å². The van der Waals surface area contributed by atoms with E-state index in [1.807, 2.05) is 20.8 Å². The van der Waals surface area contributed by atoms with Gasteiger partial charge in [0.15, 0.2) is 0 Å². The zero-order chi connectivity index (χ0) is 17.7. The molecule has 1 unspecified atom stereocenters. The molecule has 0 spiro atoms. The Morgan fingerprint density at radius 3 is 2.46 bits per heavy atom. The van der Waals surface area contributed by atoms with Gasteiger partial charge in [0.1, 0.15) is 6.04 Å². The molecule has 1 aromatic heterocycles. The van der Waals surface area contributed by atoms with E-state index in [1.54, 1.807) is 30.5 Å². The molecule has 24 heavy (non-hydrogen) atoms. The molecule has 5 nitrogen and oxygen atoms in total. The Morgan fingerprint density at radius 2 is 1.92 bits per heavy atom.